The summed E-state index contributed by atoms with van der Waals surface area (Å²) in [6, 6.07) is 69.7. The number of hydrogen-bond acceptors (Lipinski definition) is 18. The van der Waals surface area contributed by atoms with Crippen molar-refractivity contribution in [3.8, 4) is 0 Å². The van der Waals surface area contributed by atoms with Crippen molar-refractivity contribution < 1.29 is 53.0 Å². The Hall–Kier alpha value is -13.0. The lowest BCUT2D eigenvalue weighted by atomic mass is 10.2. The molecule has 12 aromatic heterocycles. The van der Waals surface area contributed by atoms with Gasteiger partial charge in [-0.2, -0.15) is 0 Å². The fourth-order valence-corrected chi connectivity index (χ4v) is 12.3. The van der Waals surface area contributed by atoms with Crippen LogP contribution in [0, 0.1) is 0 Å². The van der Waals surface area contributed by atoms with Crippen LogP contribution in [0.15, 0.2) is 309 Å². The van der Waals surface area contributed by atoms with Gasteiger partial charge in [-0.25, -0.2) is 29.4 Å². The van der Waals surface area contributed by atoms with Gasteiger partial charge in [0.1, 0.15) is 0 Å². The van der Waals surface area contributed by atoms with E-state index in [9.17, 15) is 0 Å². The molecule has 0 atom stereocenters. The van der Waals surface area contributed by atoms with E-state index in [0.29, 0.717) is 135 Å². The van der Waals surface area contributed by atoms with Crippen molar-refractivity contribution in [2.75, 3.05) is 29.4 Å². The van der Waals surface area contributed by atoms with E-state index >= 15 is 0 Å². The fraction of sp³-hybridized carbons (Fsp3) is 0. The first-order valence-electron chi connectivity index (χ1n) is 28.8. The number of nitrogens with zero attached hydrogens (tertiary/aromatic N) is 6. The SMILES string of the molecule is c1ccc(N2c3oc(c4occc34)N(c3ccccc3)c3oc(c4occc34)N(c3ccccc3)c3oc(c4occc34)N(c3ccccc3)c3oc(c4occc34)N(c3ccccc3)c3oc(c4occc34)N(c3ccccc3)c3oc2c2occc32)cc1. The molecule has 0 radical (unpaired) electrons. The number of para-hydroxylation sites is 6. The van der Waals surface area contributed by atoms with Gasteiger partial charge in [0.05, 0.1) is 104 Å². The summed E-state index contributed by atoms with van der Waals surface area (Å²) in [4.78, 5) is 11.2. The van der Waals surface area contributed by atoms with Crippen molar-refractivity contribution >= 4 is 171 Å². The van der Waals surface area contributed by atoms with E-state index in [4.69, 9.17) is 53.0 Å². The topological polar surface area (TPSA) is 177 Å². The van der Waals surface area contributed by atoms with Crippen molar-refractivity contribution in [3.63, 3.8) is 0 Å². The van der Waals surface area contributed by atoms with E-state index in [1.807, 2.05) is 248 Å². The van der Waals surface area contributed by atoms with E-state index in [1.54, 1.807) is 37.6 Å². The van der Waals surface area contributed by atoms with Gasteiger partial charge in [-0.05, 0) is 109 Å². The van der Waals surface area contributed by atoms with Crippen LogP contribution in [-0.2, 0) is 0 Å². The normalized spacial score (nSPS) is 13.2. The van der Waals surface area contributed by atoms with Crippen LogP contribution in [0.1, 0.15) is 0 Å². The molecule has 19 rings (SSSR count). The summed E-state index contributed by atoms with van der Waals surface area (Å²) < 4.78 is 83.9. The predicted molar refractivity (Wildman–Crippen MR) is 340 cm³/mol. The Morgan fingerprint density at radius 1 is 0.156 bits per heavy atom. The fourth-order valence-electron chi connectivity index (χ4n) is 12.3. The van der Waals surface area contributed by atoms with Crippen molar-refractivity contribution in [1.29, 1.82) is 0 Å². The average Bonchev–Trinajstić information content (AvgIpc) is 1.67. The zero-order chi connectivity index (χ0) is 59.0. The van der Waals surface area contributed by atoms with Gasteiger partial charge in [-0.3, -0.25) is 0 Å². The summed E-state index contributed by atoms with van der Waals surface area (Å²) in [5.41, 5.74) is 6.32. The highest BCUT2D eigenvalue weighted by Gasteiger charge is 2.41. The molecule has 18 heteroatoms. The summed E-state index contributed by atoms with van der Waals surface area (Å²) in [5, 5.41) is 3.54. The average molecular weight is 1180 g/mol. The molecule has 90 heavy (non-hydrogen) atoms. The molecular weight excluding hydrogens is 1140 g/mol. The Morgan fingerprint density at radius 3 is 0.444 bits per heavy atom. The second kappa shape index (κ2) is 19.3. The second-order valence-electron chi connectivity index (χ2n) is 21.3. The minimum Gasteiger partial charge on any atom is -0.458 e. The molecule has 0 fully saturated rings. The maximum Gasteiger partial charge on any atom is 0.253 e. The lowest BCUT2D eigenvalue weighted by Crippen LogP contribution is -2.12. The van der Waals surface area contributed by atoms with Crippen molar-refractivity contribution in [3.05, 3.63) is 256 Å². The van der Waals surface area contributed by atoms with Crippen molar-refractivity contribution in [2.24, 2.45) is 0 Å². The van der Waals surface area contributed by atoms with Crippen molar-refractivity contribution in [2.45, 2.75) is 0 Å². The third-order valence-corrected chi connectivity index (χ3v) is 16.2. The molecule has 18 aromatic rings. The highest BCUT2D eigenvalue weighted by molar-refractivity contribution is 6.13. The minimum atomic E-state index is 0.264. The maximum atomic E-state index is 7.42. The Balaban J connectivity index is 0.949. The van der Waals surface area contributed by atoms with Gasteiger partial charge >= 0.3 is 0 Å². The summed E-state index contributed by atoms with van der Waals surface area (Å²) in [6.45, 7) is 0. The summed E-state index contributed by atoms with van der Waals surface area (Å²) in [5.74, 6) is 3.52. The van der Waals surface area contributed by atoms with Crippen LogP contribution >= 0.6 is 0 Å². The Kier molecular flexibility index (Phi) is 10.6. The van der Waals surface area contributed by atoms with Gasteiger partial charge in [0.15, 0.2) is 33.5 Å². The first kappa shape index (κ1) is 49.3. The van der Waals surface area contributed by atoms with Crippen LogP contribution < -0.4 is 29.4 Å². The van der Waals surface area contributed by atoms with Crippen LogP contribution in [-0.4, -0.2) is 0 Å². The van der Waals surface area contributed by atoms with Gasteiger partial charge in [-0.15, -0.1) is 0 Å². The van der Waals surface area contributed by atoms with E-state index in [-0.39, 0.29) is 35.3 Å². The molecule has 0 unspecified atom stereocenters. The van der Waals surface area contributed by atoms with E-state index in [0.717, 1.165) is 0 Å². The standard InChI is InChI=1S/C72H42N6O12/c1-7-19-43(20-8-1)73-61-49-31-37-80-56(49)68(85-61)75(45-23-11-3-12-24-45)63-51-33-39-82-58(51)70(87-63)77(47-27-15-5-16-28-47)65-53-35-41-84-60(53)72(89-65)78(48-29-17-6-18-30-48)66-54-36-42-83-59(54)71(90-66)76(46-25-13-4-14-26-46)64-52-34-40-81-57(52)69(88-64)74(44-21-9-2-10-22-44)62-50-32-38-79-55(50)67(73)86-62/h1-42H. The zero-order valence-corrected chi connectivity index (χ0v) is 46.8. The molecule has 18 nitrogen and oxygen atoms in total. The van der Waals surface area contributed by atoms with Gasteiger partial charge in [0.25, 0.3) is 35.3 Å². The lowest BCUT2D eigenvalue weighted by molar-refractivity contribution is 0.507. The quantitative estimate of drug-likeness (QED) is 0.153. The Bertz CT molecular complexity index is 4520. The van der Waals surface area contributed by atoms with Crippen LogP contribution in [0.4, 0.5) is 105 Å². The number of benzene rings is 6. The summed E-state index contributed by atoms with van der Waals surface area (Å²) >= 11 is 0. The van der Waals surface area contributed by atoms with Crippen LogP contribution in [0.3, 0.4) is 0 Å². The first-order valence-corrected chi connectivity index (χ1v) is 28.8. The third-order valence-electron chi connectivity index (χ3n) is 16.2. The largest absolute Gasteiger partial charge is 0.458 e. The number of furan rings is 12. The molecule has 13 heterocycles. The van der Waals surface area contributed by atoms with Gasteiger partial charge in [0.2, 0.25) is 35.3 Å². The summed E-state index contributed by atoms with van der Waals surface area (Å²) in [6.07, 6.45) is 9.78. The van der Waals surface area contributed by atoms with Crippen molar-refractivity contribution in [1.82, 2.24) is 0 Å². The number of rotatable bonds is 6. The monoisotopic (exact) mass is 1180 g/mol. The highest BCUT2D eigenvalue weighted by atomic mass is 16.5. The molecule has 432 valence electrons. The molecule has 0 saturated heterocycles. The Morgan fingerprint density at radius 2 is 0.300 bits per heavy atom. The van der Waals surface area contributed by atoms with Gasteiger partial charge in [-0.1, -0.05) is 109 Å². The molecule has 0 aliphatic carbocycles. The molecule has 0 amide bonds. The molecule has 1 aliphatic heterocycles. The second-order valence-corrected chi connectivity index (χ2v) is 21.3. The molecule has 0 spiro atoms. The van der Waals surface area contributed by atoms with Crippen LogP contribution in [0.25, 0.3) is 65.8 Å². The molecular formula is C72H42N6O12. The van der Waals surface area contributed by atoms with E-state index in [2.05, 4.69) is 0 Å². The molecule has 12 bridgehead atoms. The maximum absolute atomic E-state index is 7.42. The summed E-state index contributed by atoms with van der Waals surface area (Å²) in [7, 11) is 0. The molecule has 0 saturated carbocycles. The third kappa shape index (κ3) is 7.20. The van der Waals surface area contributed by atoms with E-state index in [1.165, 1.54) is 0 Å². The molecule has 0 N–H and O–H groups in total. The lowest BCUT2D eigenvalue weighted by Gasteiger charge is -2.23. The van der Waals surface area contributed by atoms with Crippen LogP contribution in [0.5, 0.6) is 0 Å². The number of hydrogen-bond donors (Lipinski definition) is 0. The molecule has 6 aromatic carbocycles. The molecule has 1 aliphatic rings. The van der Waals surface area contributed by atoms with E-state index < -0.39 is 0 Å². The van der Waals surface area contributed by atoms with Gasteiger partial charge < -0.3 is 53.0 Å². The Labute approximate surface area is 506 Å². The predicted octanol–water partition coefficient (Wildman–Crippen LogP) is 22.9. The van der Waals surface area contributed by atoms with Gasteiger partial charge in [0, 0.05) is 0 Å². The first-order chi connectivity index (χ1) is 44.7. The highest BCUT2D eigenvalue weighted by Crippen LogP contribution is 2.60. The minimum absolute atomic E-state index is 0.264. The number of anilines is 18. The van der Waals surface area contributed by atoms with Crippen LogP contribution in [0.2, 0.25) is 0 Å². The zero-order valence-electron chi connectivity index (χ0n) is 46.8. The smallest absolute Gasteiger partial charge is 0.253 e.